The van der Waals surface area contributed by atoms with E-state index in [1.54, 1.807) is 0 Å². The first kappa shape index (κ1) is 24.2. The lowest BCUT2D eigenvalue weighted by atomic mass is 10.0. The second-order valence-corrected chi connectivity index (χ2v) is 8.70. The van der Waals surface area contributed by atoms with E-state index in [4.69, 9.17) is 0 Å². The molecule has 0 spiro atoms. The fourth-order valence-electron chi connectivity index (χ4n) is 4.04. The van der Waals surface area contributed by atoms with Crippen molar-refractivity contribution < 1.29 is 4.57 Å². The van der Waals surface area contributed by atoms with Crippen LogP contribution in [0.15, 0.2) is 18.3 Å². The highest BCUT2D eigenvalue weighted by Gasteiger charge is 2.05. The molecular weight excluding hydrogens is 326 g/mol. The van der Waals surface area contributed by atoms with Gasteiger partial charge in [-0.05, 0) is 18.9 Å². The Bertz CT molecular complexity index is 452. The summed E-state index contributed by atoms with van der Waals surface area (Å²) in [7, 11) is 0. The average Bonchev–Trinajstić information content (AvgIpc) is 2.65. The molecule has 0 unspecified atom stereocenters. The van der Waals surface area contributed by atoms with Crippen LogP contribution in [0.25, 0.3) is 0 Å². The van der Waals surface area contributed by atoms with E-state index in [1.165, 1.54) is 127 Å². The van der Waals surface area contributed by atoms with Crippen molar-refractivity contribution in [3.63, 3.8) is 0 Å². The molecule has 0 N–H and O–H groups in total. The Labute approximate surface area is 171 Å². The van der Waals surface area contributed by atoms with Crippen molar-refractivity contribution in [2.75, 3.05) is 0 Å². The highest BCUT2D eigenvalue weighted by atomic mass is 14.9. The van der Waals surface area contributed by atoms with E-state index in [1.807, 2.05) is 0 Å². The molecule has 0 saturated carbocycles. The number of aromatic nitrogens is 1. The molecule has 0 aliphatic rings. The van der Waals surface area contributed by atoms with Gasteiger partial charge in [-0.3, -0.25) is 0 Å². The molecule has 0 aromatic carbocycles. The molecule has 0 fully saturated rings. The van der Waals surface area contributed by atoms with Gasteiger partial charge in [0.05, 0.1) is 0 Å². The third kappa shape index (κ3) is 13.9. The zero-order valence-electron chi connectivity index (χ0n) is 18.9. The normalized spacial score (nSPS) is 11.2. The molecule has 0 radical (unpaired) electrons. The van der Waals surface area contributed by atoms with Crippen LogP contribution in [0, 0.1) is 13.8 Å². The summed E-state index contributed by atoms with van der Waals surface area (Å²) in [6.45, 7) is 7.88. The van der Waals surface area contributed by atoms with Gasteiger partial charge in [-0.2, -0.15) is 0 Å². The summed E-state index contributed by atoms with van der Waals surface area (Å²) < 4.78 is 2.40. The van der Waals surface area contributed by atoms with Crippen molar-refractivity contribution in [3.8, 4) is 0 Å². The third-order valence-electron chi connectivity index (χ3n) is 5.91. The lowest BCUT2D eigenvalue weighted by Gasteiger charge is -2.04. The topological polar surface area (TPSA) is 3.88 Å². The third-order valence-corrected chi connectivity index (χ3v) is 5.91. The van der Waals surface area contributed by atoms with Crippen LogP contribution in [0.3, 0.4) is 0 Å². The number of rotatable bonds is 18. The zero-order valence-corrected chi connectivity index (χ0v) is 18.9. The smallest absolute Gasteiger partial charge is 0.178 e. The highest BCUT2D eigenvalue weighted by molar-refractivity contribution is 5.08. The first-order valence-electron chi connectivity index (χ1n) is 12.2. The number of pyridine rings is 1. The minimum atomic E-state index is 1.19. The number of hydrogen-bond donors (Lipinski definition) is 0. The molecular formula is C26H48N+. The standard InChI is InChI=1S/C26H48N/c1-4-5-6-7-8-9-10-11-12-13-14-15-16-17-18-19-20-22-27-23-21-25(2)24-26(27)3/h21,23-24H,4-20,22H2,1-3H3/q+1. The number of hydrogen-bond acceptors (Lipinski definition) is 0. The molecule has 27 heavy (non-hydrogen) atoms. The van der Waals surface area contributed by atoms with Gasteiger partial charge in [0, 0.05) is 25.5 Å². The summed E-state index contributed by atoms with van der Waals surface area (Å²) in [5.74, 6) is 0. The Morgan fingerprint density at radius 3 is 1.41 bits per heavy atom. The van der Waals surface area contributed by atoms with Crippen LogP contribution in [-0.4, -0.2) is 0 Å². The van der Waals surface area contributed by atoms with Gasteiger partial charge in [-0.1, -0.05) is 103 Å². The molecule has 0 aliphatic carbocycles. The van der Waals surface area contributed by atoms with Gasteiger partial charge in [0.2, 0.25) is 0 Å². The Hall–Kier alpha value is -0.850. The molecule has 0 atom stereocenters. The van der Waals surface area contributed by atoms with Crippen molar-refractivity contribution >= 4 is 0 Å². The number of aryl methyl sites for hydroxylation is 3. The van der Waals surface area contributed by atoms with Gasteiger partial charge in [-0.15, -0.1) is 0 Å². The maximum absolute atomic E-state index is 2.40. The lowest BCUT2D eigenvalue weighted by molar-refractivity contribution is -0.703. The van der Waals surface area contributed by atoms with Crippen LogP contribution < -0.4 is 4.57 Å². The van der Waals surface area contributed by atoms with Gasteiger partial charge in [-0.25, -0.2) is 4.57 Å². The Morgan fingerprint density at radius 1 is 0.593 bits per heavy atom. The fourth-order valence-corrected chi connectivity index (χ4v) is 4.04. The van der Waals surface area contributed by atoms with E-state index in [0.29, 0.717) is 0 Å². The molecule has 1 aromatic rings. The van der Waals surface area contributed by atoms with E-state index >= 15 is 0 Å². The molecule has 0 aliphatic heterocycles. The van der Waals surface area contributed by atoms with Crippen LogP contribution in [0.5, 0.6) is 0 Å². The van der Waals surface area contributed by atoms with Crippen LogP contribution in [0.2, 0.25) is 0 Å². The van der Waals surface area contributed by atoms with E-state index in [-0.39, 0.29) is 0 Å². The van der Waals surface area contributed by atoms with Crippen molar-refractivity contribution in [3.05, 3.63) is 29.6 Å². The molecule has 0 amide bonds. The minimum absolute atomic E-state index is 1.19. The fraction of sp³-hybridized carbons (Fsp3) is 0.808. The van der Waals surface area contributed by atoms with E-state index < -0.39 is 0 Å². The lowest BCUT2D eigenvalue weighted by Crippen LogP contribution is -2.36. The Balaban J connectivity index is 1.78. The van der Waals surface area contributed by atoms with Gasteiger partial charge in [0.1, 0.15) is 6.54 Å². The average molecular weight is 375 g/mol. The van der Waals surface area contributed by atoms with Crippen LogP contribution in [-0.2, 0) is 6.54 Å². The van der Waals surface area contributed by atoms with E-state index in [0.717, 1.165) is 0 Å². The maximum atomic E-state index is 2.40. The Kier molecular flexibility index (Phi) is 15.5. The predicted molar refractivity (Wildman–Crippen MR) is 120 cm³/mol. The summed E-state index contributed by atoms with van der Waals surface area (Å²) in [5, 5.41) is 0. The SMILES string of the molecule is CCCCCCCCCCCCCCCCCCC[n+]1ccc(C)cc1C. The number of nitrogens with zero attached hydrogens (tertiary/aromatic N) is 1. The largest absolute Gasteiger partial charge is 0.203 e. The summed E-state index contributed by atoms with van der Waals surface area (Å²) in [6.07, 6.45) is 26.8. The molecule has 1 nitrogen and oxygen atoms in total. The highest BCUT2D eigenvalue weighted by Crippen LogP contribution is 2.14. The van der Waals surface area contributed by atoms with Crippen molar-refractivity contribution in [2.24, 2.45) is 0 Å². The van der Waals surface area contributed by atoms with Gasteiger partial charge >= 0.3 is 0 Å². The van der Waals surface area contributed by atoms with Gasteiger partial charge in [0.25, 0.3) is 0 Å². The summed E-state index contributed by atoms with van der Waals surface area (Å²) in [5.41, 5.74) is 2.76. The Morgan fingerprint density at radius 2 is 1.00 bits per heavy atom. The second kappa shape index (κ2) is 17.3. The molecule has 156 valence electrons. The molecule has 0 saturated heterocycles. The molecule has 0 bridgehead atoms. The minimum Gasteiger partial charge on any atom is -0.203 e. The van der Waals surface area contributed by atoms with E-state index in [2.05, 4.69) is 43.7 Å². The first-order valence-corrected chi connectivity index (χ1v) is 12.2. The summed E-state index contributed by atoms with van der Waals surface area (Å²) >= 11 is 0. The van der Waals surface area contributed by atoms with Gasteiger partial charge < -0.3 is 0 Å². The molecule has 1 aromatic heterocycles. The number of unbranched alkanes of at least 4 members (excludes halogenated alkanes) is 16. The van der Waals surface area contributed by atoms with Crippen LogP contribution >= 0.6 is 0 Å². The monoisotopic (exact) mass is 374 g/mol. The van der Waals surface area contributed by atoms with Crippen LogP contribution in [0.1, 0.15) is 127 Å². The summed E-state index contributed by atoms with van der Waals surface area (Å²) in [4.78, 5) is 0. The van der Waals surface area contributed by atoms with Crippen LogP contribution in [0.4, 0.5) is 0 Å². The van der Waals surface area contributed by atoms with Crippen molar-refractivity contribution in [1.29, 1.82) is 0 Å². The van der Waals surface area contributed by atoms with E-state index in [9.17, 15) is 0 Å². The maximum Gasteiger partial charge on any atom is 0.178 e. The molecule has 1 rings (SSSR count). The predicted octanol–water partition coefficient (Wildman–Crippen LogP) is 8.24. The van der Waals surface area contributed by atoms with Gasteiger partial charge in [0.15, 0.2) is 11.9 Å². The van der Waals surface area contributed by atoms with Crippen molar-refractivity contribution in [2.45, 2.75) is 136 Å². The second-order valence-electron chi connectivity index (χ2n) is 8.70. The molecule has 1 heterocycles. The zero-order chi connectivity index (χ0) is 19.6. The van der Waals surface area contributed by atoms with Crippen molar-refractivity contribution in [1.82, 2.24) is 0 Å². The first-order chi connectivity index (χ1) is 13.2. The molecule has 1 heteroatoms. The quantitative estimate of drug-likeness (QED) is 0.180. The summed E-state index contributed by atoms with van der Waals surface area (Å²) in [6, 6.07) is 4.51.